The maximum atomic E-state index is 2.63. The van der Waals surface area contributed by atoms with Gasteiger partial charge in [-0.2, -0.15) is 0 Å². The molecule has 3 rings (SSSR count). The Balaban J connectivity index is 1.86. The zero-order chi connectivity index (χ0) is 16.7. The van der Waals surface area contributed by atoms with E-state index in [1.807, 2.05) is 0 Å². The Morgan fingerprint density at radius 2 is 0.917 bits per heavy atom. The fourth-order valence-electron chi connectivity index (χ4n) is 7.06. The SMILES string of the molecule is ICCC[CH2][Sn]([CH]1CCCCC1)([CH]1CCCCC1)[CH]1CCCCC1. The second-order valence-corrected chi connectivity index (χ2v) is 25.1. The van der Waals surface area contributed by atoms with Crippen LogP contribution in [0.2, 0.25) is 16.2 Å². The standard InChI is InChI=1S/3C6H11.C4H8I.Sn/c3*1-2-4-6-5-3-1;1-2-3-4-5;/h3*1H,2-6H2;1-4H2;. The van der Waals surface area contributed by atoms with Crippen LogP contribution in [-0.4, -0.2) is 22.8 Å². The normalized spacial score (nSPS) is 25.9. The van der Waals surface area contributed by atoms with Crippen LogP contribution in [0.1, 0.15) is 109 Å². The third-order valence-corrected chi connectivity index (χ3v) is 30.3. The van der Waals surface area contributed by atoms with Crippen molar-refractivity contribution in [2.75, 3.05) is 4.43 Å². The van der Waals surface area contributed by atoms with Crippen LogP contribution in [0.25, 0.3) is 0 Å². The van der Waals surface area contributed by atoms with Crippen LogP contribution >= 0.6 is 22.6 Å². The van der Waals surface area contributed by atoms with E-state index in [-0.39, 0.29) is 0 Å². The molecule has 0 amide bonds. The quantitative estimate of drug-likeness (QED) is 0.129. The number of rotatable bonds is 7. The van der Waals surface area contributed by atoms with Crippen molar-refractivity contribution in [3.63, 3.8) is 0 Å². The molecule has 140 valence electrons. The topological polar surface area (TPSA) is 0 Å². The third-order valence-electron chi connectivity index (χ3n) is 8.09. The van der Waals surface area contributed by atoms with Crippen molar-refractivity contribution in [2.24, 2.45) is 0 Å². The van der Waals surface area contributed by atoms with Crippen molar-refractivity contribution >= 4 is 41.0 Å². The monoisotopic (exact) mass is 552 g/mol. The second kappa shape index (κ2) is 10.8. The van der Waals surface area contributed by atoms with Gasteiger partial charge in [-0.3, -0.25) is 0 Å². The van der Waals surface area contributed by atoms with Crippen molar-refractivity contribution in [2.45, 2.75) is 125 Å². The first-order valence-corrected chi connectivity index (χ1v) is 19.9. The molecule has 0 aromatic heterocycles. The molecule has 0 heterocycles. The van der Waals surface area contributed by atoms with Crippen LogP contribution in [0, 0.1) is 0 Å². The van der Waals surface area contributed by atoms with Crippen LogP contribution < -0.4 is 0 Å². The number of halogens is 1. The predicted octanol–water partition coefficient (Wildman–Crippen LogP) is 8.65. The first-order valence-electron chi connectivity index (χ1n) is 11.4. The van der Waals surface area contributed by atoms with Crippen molar-refractivity contribution in [1.29, 1.82) is 0 Å². The molecule has 0 N–H and O–H groups in total. The van der Waals surface area contributed by atoms with E-state index in [0.717, 1.165) is 0 Å². The summed E-state index contributed by atoms with van der Waals surface area (Å²) >= 11 is 0.524. The summed E-state index contributed by atoms with van der Waals surface area (Å²) in [6.45, 7) is 0. The molecule has 3 saturated carbocycles. The molecule has 0 nitrogen and oxygen atoms in total. The summed E-state index contributed by atoms with van der Waals surface area (Å²) in [6, 6.07) is 0. The molecule has 0 unspecified atom stereocenters. The minimum absolute atomic E-state index is 1.30. The van der Waals surface area contributed by atoms with Gasteiger partial charge in [-0.05, 0) is 0 Å². The van der Waals surface area contributed by atoms with E-state index in [0.29, 0.717) is 0 Å². The van der Waals surface area contributed by atoms with Gasteiger partial charge >= 0.3 is 171 Å². The molecule has 0 aliphatic heterocycles. The Labute approximate surface area is 169 Å². The Morgan fingerprint density at radius 3 is 1.25 bits per heavy atom. The van der Waals surface area contributed by atoms with E-state index >= 15 is 0 Å². The third kappa shape index (κ3) is 4.87. The summed E-state index contributed by atoms with van der Waals surface area (Å²) in [6.07, 6.45) is 27.4. The van der Waals surface area contributed by atoms with E-state index in [9.17, 15) is 0 Å². The van der Waals surface area contributed by atoms with Crippen molar-refractivity contribution in [3.8, 4) is 0 Å². The Kier molecular flexibility index (Phi) is 9.08. The van der Waals surface area contributed by atoms with Crippen LogP contribution in [0.15, 0.2) is 0 Å². The summed E-state index contributed by atoms with van der Waals surface area (Å²) < 4.78 is 7.10. The number of unbranched alkanes of at least 4 members (excludes halogenated alkanes) is 1. The van der Waals surface area contributed by atoms with Gasteiger partial charge in [0, 0.05) is 0 Å². The van der Waals surface area contributed by atoms with E-state index < -0.39 is 18.4 Å². The van der Waals surface area contributed by atoms with Gasteiger partial charge in [0.15, 0.2) is 0 Å². The molecule has 3 aliphatic carbocycles. The molecule has 0 aromatic carbocycles. The molecular weight excluding hydrogens is 510 g/mol. The predicted molar refractivity (Wildman–Crippen MR) is 119 cm³/mol. The van der Waals surface area contributed by atoms with Crippen LogP contribution in [0.3, 0.4) is 0 Å². The van der Waals surface area contributed by atoms with E-state index in [4.69, 9.17) is 0 Å². The molecular formula is C22H41ISn. The summed E-state index contributed by atoms with van der Waals surface area (Å²) in [4.78, 5) is 0. The molecule has 2 heteroatoms. The summed E-state index contributed by atoms with van der Waals surface area (Å²) in [5, 5.41) is 0. The molecule has 0 bridgehead atoms. The number of hydrogen-bond donors (Lipinski definition) is 0. The summed E-state index contributed by atoms with van der Waals surface area (Å²) in [5.41, 5.74) is 0. The van der Waals surface area contributed by atoms with E-state index in [2.05, 4.69) is 22.6 Å². The Morgan fingerprint density at radius 1 is 0.542 bits per heavy atom. The molecule has 0 spiro atoms. The average Bonchev–Trinajstić information content (AvgIpc) is 2.68. The molecule has 0 radical (unpaired) electrons. The van der Waals surface area contributed by atoms with Gasteiger partial charge in [-0.25, -0.2) is 0 Å². The van der Waals surface area contributed by atoms with Gasteiger partial charge in [0.25, 0.3) is 0 Å². The zero-order valence-corrected chi connectivity index (χ0v) is 21.1. The molecule has 24 heavy (non-hydrogen) atoms. The van der Waals surface area contributed by atoms with Crippen LogP contribution in [0.5, 0.6) is 0 Å². The van der Waals surface area contributed by atoms with Crippen LogP contribution in [0.4, 0.5) is 0 Å². The number of alkyl halides is 1. The first-order chi connectivity index (χ1) is 11.9. The zero-order valence-electron chi connectivity index (χ0n) is 16.0. The van der Waals surface area contributed by atoms with Gasteiger partial charge in [0.05, 0.1) is 0 Å². The molecule has 3 aliphatic rings. The van der Waals surface area contributed by atoms with Gasteiger partial charge in [0.1, 0.15) is 0 Å². The van der Waals surface area contributed by atoms with Gasteiger partial charge < -0.3 is 0 Å². The van der Waals surface area contributed by atoms with Crippen molar-refractivity contribution < 1.29 is 0 Å². The second-order valence-electron chi connectivity index (χ2n) is 9.26. The first kappa shape index (κ1) is 20.3. The Hall–Kier alpha value is 1.53. The van der Waals surface area contributed by atoms with E-state index in [1.54, 1.807) is 107 Å². The molecule has 3 fully saturated rings. The molecule has 0 saturated heterocycles. The average molecular weight is 551 g/mol. The number of hydrogen-bond acceptors (Lipinski definition) is 0. The minimum atomic E-state index is -2.10. The fraction of sp³-hybridized carbons (Fsp3) is 1.00. The van der Waals surface area contributed by atoms with Gasteiger partial charge in [0.2, 0.25) is 0 Å². The van der Waals surface area contributed by atoms with Crippen molar-refractivity contribution in [1.82, 2.24) is 0 Å². The molecule has 0 atom stereocenters. The Bertz CT molecular complexity index is 292. The van der Waals surface area contributed by atoms with Gasteiger partial charge in [-0.1, -0.05) is 0 Å². The van der Waals surface area contributed by atoms with E-state index in [1.165, 1.54) is 22.6 Å². The summed E-state index contributed by atoms with van der Waals surface area (Å²) in [7, 11) is 0. The van der Waals surface area contributed by atoms with Gasteiger partial charge in [-0.15, -0.1) is 0 Å². The summed E-state index contributed by atoms with van der Waals surface area (Å²) in [5.74, 6) is 0. The fourth-order valence-corrected chi connectivity index (χ4v) is 32.0. The molecule has 0 aromatic rings. The van der Waals surface area contributed by atoms with Crippen molar-refractivity contribution in [3.05, 3.63) is 0 Å². The van der Waals surface area contributed by atoms with Crippen LogP contribution in [-0.2, 0) is 0 Å². The maximum absolute atomic E-state index is 2.63.